The van der Waals surface area contributed by atoms with Crippen LogP contribution in [0.2, 0.25) is 0 Å². The van der Waals surface area contributed by atoms with Gasteiger partial charge in [0.1, 0.15) is 5.75 Å². The summed E-state index contributed by atoms with van der Waals surface area (Å²) < 4.78 is 5.45. The van der Waals surface area contributed by atoms with Crippen molar-refractivity contribution in [3.63, 3.8) is 0 Å². The Kier molecular flexibility index (Phi) is 2.62. The van der Waals surface area contributed by atoms with Crippen LogP contribution in [0.4, 0.5) is 5.69 Å². The molecule has 0 saturated heterocycles. The van der Waals surface area contributed by atoms with Gasteiger partial charge in [-0.1, -0.05) is 13.8 Å². The molecule has 2 nitrogen and oxygen atoms in total. The first-order valence-corrected chi connectivity index (χ1v) is 5.25. The predicted octanol–water partition coefficient (Wildman–Crippen LogP) is 2.69. The van der Waals surface area contributed by atoms with Gasteiger partial charge >= 0.3 is 0 Å². The van der Waals surface area contributed by atoms with Crippen LogP contribution in [-0.2, 0) is 6.42 Å². The molecule has 76 valence electrons. The Balaban J connectivity index is 2.05. The maximum Gasteiger partial charge on any atom is 0.122 e. The van der Waals surface area contributed by atoms with Gasteiger partial charge in [-0.3, -0.25) is 0 Å². The molecule has 1 heterocycles. The van der Waals surface area contributed by atoms with Crippen molar-refractivity contribution in [2.75, 3.05) is 18.5 Å². The average Bonchev–Trinajstić information content (AvgIpc) is 2.61. The lowest BCUT2D eigenvalue weighted by molar-refractivity contribution is 0.357. The Bertz CT molecular complexity index is 320. The van der Waals surface area contributed by atoms with E-state index in [1.807, 2.05) is 0 Å². The Morgan fingerprint density at radius 2 is 2.29 bits per heavy atom. The largest absolute Gasteiger partial charge is 0.493 e. The summed E-state index contributed by atoms with van der Waals surface area (Å²) in [5, 5.41) is 3.42. The molecule has 1 N–H and O–H groups in total. The highest BCUT2D eigenvalue weighted by atomic mass is 16.5. The molecule has 14 heavy (non-hydrogen) atoms. The molecular weight excluding hydrogens is 174 g/mol. The van der Waals surface area contributed by atoms with Crippen LogP contribution in [0, 0.1) is 5.92 Å². The first-order chi connectivity index (χ1) is 6.75. The summed E-state index contributed by atoms with van der Waals surface area (Å²) in [6.45, 7) is 6.29. The van der Waals surface area contributed by atoms with E-state index < -0.39 is 0 Å². The zero-order valence-corrected chi connectivity index (χ0v) is 8.84. The minimum Gasteiger partial charge on any atom is -0.493 e. The number of ether oxygens (including phenoxy) is 1. The quantitative estimate of drug-likeness (QED) is 0.793. The molecule has 0 aromatic heterocycles. The summed E-state index contributed by atoms with van der Waals surface area (Å²) in [5.74, 6) is 1.74. The number of benzene rings is 1. The van der Waals surface area contributed by atoms with Crippen molar-refractivity contribution in [2.45, 2.75) is 20.3 Å². The highest BCUT2D eigenvalue weighted by Gasteiger charge is 2.11. The van der Waals surface area contributed by atoms with E-state index in [1.54, 1.807) is 0 Å². The van der Waals surface area contributed by atoms with Crippen molar-refractivity contribution < 1.29 is 4.74 Å². The molecule has 0 radical (unpaired) electrons. The lowest BCUT2D eigenvalue weighted by Crippen LogP contribution is -2.07. The van der Waals surface area contributed by atoms with Gasteiger partial charge in [0.05, 0.1) is 6.61 Å². The second-order valence-corrected chi connectivity index (χ2v) is 4.20. The van der Waals surface area contributed by atoms with E-state index >= 15 is 0 Å². The molecule has 0 spiro atoms. The van der Waals surface area contributed by atoms with Crippen LogP contribution in [0.15, 0.2) is 18.2 Å². The standard InChI is InChI=1S/C12H17NO/c1-9(2)8-13-11-3-4-12-10(7-11)5-6-14-12/h3-4,7,9,13H,5-6,8H2,1-2H3. The van der Waals surface area contributed by atoms with E-state index in [1.165, 1.54) is 11.3 Å². The number of hydrogen-bond acceptors (Lipinski definition) is 2. The minimum absolute atomic E-state index is 0.680. The molecular formula is C12H17NO. The van der Waals surface area contributed by atoms with E-state index in [2.05, 4.69) is 37.4 Å². The van der Waals surface area contributed by atoms with Crippen molar-refractivity contribution >= 4 is 5.69 Å². The van der Waals surface area contributed by atoms with E-state index in [0.717, 1.165) is 25.3 Å². The van der Waals surface area contributed by atoms with Crippen LogP contribution in [0.1, 0.15) is 19.4 Å². The Labute approximate surface area is 85.3 Å². The molecule has 2 heteroatoms. The monoisotopic (exact) mass is 191 g/mol. The summed E-state index contributed by atoms with van der Waals surface area (Å²) in [6, 6.07) is 6.35. The molecule has 1 aliphatic rings. The summed E-state index contributed by atoms with van der Waals surface area (Å²) in [4.78, 5) is 0. The molecule has 0 unspecified atom stereocenters. The Morgan fingerprint density at radius 1 is 1.43 bits per heavy atom. The molecule has 0 aliphatic carbocycles. The number of fused-ring (bicyclic) bond motifs is 1. The third-order valence-electron chi connectivity index (χ3n) is 2.40. The predicted molar refractivity (Wildman–Crippen MR) is 59.0 cm³/mol. The molecule has 0 atom stereocenters. The Morgan fingerprint density at radius 3 is 3.07 bits per heavy atom. The zero-order chi connectivity index (χ0) is 9.97. The molecule has 0 amide bonds. The van der Waals surface area contributed by atoms with Crippen LogP contribution < -0.4 is 10.1 Å². The molecule has 0 bridgehead atoms. The van der Waals surface area contributed by atoms with Crippen LogP contribution in [0.25, 0.3) is 0 Å². The van der Waals surface area contributed by atoms with Crippen molar-refractivity contribution in [3.8, 4) is 5.75 Å². The second-order valence-electron chi connectivity index (χ2n) is 4.20. The summed E-state index contributed by atoms with van der Waals surface area (Å²) in [5.41, 5.74) is 2.54. The molecule has 1 aromatic rings. The molecule has 0 fully saturated rings. The normalized spacial score (nSPS) is 13.9. The fourth-order valence-electron chi connectivity index (χ4n) is 1.62. The summed E-state index contributed by atoms with van der Waals surface area (Å²) in [6.07, 6.45) is 1.05. The molecule has 0 saturated carbocycles. The summed E-state index contributed by atoms with van der Waals surface area (Å²) in [7, 11) is 0. The highest BCUT2D eigenvalue weighted by molar-refractivity contribution is 5.52. The molecule has 1 aliphatic heterocycles. The fraction of sp³-hybridized carbons (Fsp3) is 0.500. The van der Waals surface area contributed by atoms with Crippen LogP contribution in [-0.4, -0.2) is 13.2 Å². The van der Waals surface area contributed by atoms with Gasteiger partial charge in [-0.15, -0.1) is 0 Å². The SMILES string of the molecule is CC(C)CNc1ccc2c(c1)CCO2. The lowest BCUT2D eigenvalue weighted by Gasteiger charge is -2.09. The number of nitrogens with one attached hydrogen (secondary N) is 1. The maximum absolute atomic E-state index is 5.45. The van der Waals surface area contributed by atoms with Crippen LogP contribution >= 0.6 is 0 Å². The van der Waals surface area contributed by atoms with Crippen LogP contribution in [0.3, 0.4) is 0 Å². The van der Waals surface area contributed by atoms with Crippen molar-refractivity contribution in [1.82, 2.24) is 0 Å². The topological polar surface area (TPSA) is 21.3 Å². The van der Waals surface area contributed by atoms with Gasteiger partial charge in [-0.25, -0.2) is 0 Å². The van der Waals surface area contributed by atoms with E-state index in [4.69, 9.17) is 4.74 Å². The smallest absolute Gasteiger partial charge is 0.122 e. The van der Waals surface area contributed by atoms with Gasteiger partial charge in [-0.05, 0) is 29.7 Å². The van der Waals surface area contributed by atoms with Crippen molar-refractivity contribution in [1.29, 1.82) is 0 Å². The van der Waals surface area contributed by atoms with Crippen LogP contribution in [0.5, 0.6) is 5.75 Å². The van der Waals surface area contributed by atoms with E-state index in [-0.39, 0.29) is 0 Å². The Hall–Kier alpha value is -1.18. The zero-order valence-electron chi connectivity index (χ0n) is 8.84. The van der Waals surface area contributed by atoms with Gasteiger partial charge in [0.2, 0.25) is 0 Å². The summed E-state index contributed by atoms with van der Waals surface area (Å²) >= 11 is 0. The maximum atomic E-state index is 5.45. The average molecular weight is 191 g/mol. The highest BCUT2D eigenvalue weighted by Crippen LogP contribution is 2.27. The first-order valence-electron chi connectivity index (χ1n) is 5.25. The van der Waals surface area contributed by atoms with E-state index in [0.29, 0.717) is 5.92 Å². The third-order valence-corrected chi connectivity index (χ3v) is 2.40. The van der Waals surface area contributed by atoms with Gasteiger partial charge in [-0.2, -0.15) is 0 Å². The number of rotatable bonds is 3. The van der Waals surface area contributed by atoms with Crippen molar-refractivity contribution in [3.05, 3.63) is 23.8 Å². The number of hydrogen-bond donors (Lipinski definition) is 1. The van der Waals surface area contributed by atoms with E-state index in [9.17, 15) is 0 Å². The molecule has 2 rings (SSSR count). The first kappa shape index (κ1) is 9.38. The lowest BCUT2D eigenvalue weighted by atomic mass is 10.1. The third kappa shape index (κ3) is 2.00. The second kappa shape index (κ2) is 3.91. The van der Waals surface area contributed by atoms with Gasteiger partial charge in [0.25, 0.3) is 0 Å². The fourth-order valence-corrected chi connectivity index (χ4v) is 1.62. The van der Waals surface area contributed by atoms with Gasteiger partial charge < -0.3 is 10.1 Å². The van der Waals surface area contributed by atoms with Crippen molar-refractivity contribution in [2.24, 2.45) is 5.92 Å². The molecule has 1 aromatic carbocycles. The number of anilines is 1. The van der Waals surface area contributed by atoms with Gasteiger partial charge in [0.15, 0.2) is 0 Å². The van der Waals surface area contributed by atoms with Gasteiger partial charge in [0, 0.05) is 18.7 Å². The minimum atomic E-state index is 0.680.